The van der Waals surface area contributed by atoms with Gasteiger partial charge in [-0.1, -0.05) is 29.3 Å². The van der Waals surface area contributed by atoms with Crippen LogP contribution in [-0.2, 0) is 20.5 Å². The van der Waals surface area contributed by atoms with Gasteiger partial charge in [-0.15, -0.1) is 5.10 Å². The Balaban J connectivity index is 1.14. The maximum atomic E-state index is 15.3. The number of amides is 1. The van der Waals surface area contributed by atoms with E-state index in [1.165, 1.54) is 0 Å². The van der Waals surface area contributed by atoms with E-state index in [-0.39, 0.29) is 11.9 Å². The molecule has 0 saturated heterocycles. The average molecular weight is 828 g/mol. The normalized spacial score (nSPS) is 14.2. The molecular formula is C45H44Cl2N10O2. The van der Waals surface area contributed by atoms with Gasteiger partial charge < -0.3 is 18.8 Å². The van der Waals surface area contributed by atoms with Crippen LogP contribution in [-0.4, -0.2) is 62.7 Å². The van der Waals surface area contributed by atoms with E-state index in [1.807, 2.05) is 87.9 Å². The molecule has 0 aliphatic carbocycles. The molecule has 1 atom stereocenters. The van der Waals surface area contributed by atoms with Crippen molar-refractivity contribution >= 4 is 56.6 Å². The third kappa shape index (κ3) is 6.45. The fourth-order valence-electron chi connectivity index (χ4n) is 8.66. The Kier molecular flexibility index (Phi) is 9.59. The molecule has 59 heavy (non-hydrogen) atoms. The molecule has 1 aliphatic rings. The molecule has 0 saturated carbocycles. The summed E-state index contributed by atoms with van der Waals surface area (Å²) in [4.78, 5) is 30.7. The average Bonchev–Trinajstić information content (AvgIpc) is 3.97. The van der Waals surface area contributed by atoms with Crippen LogP contribution in [0.4, 0.5) is 5.69 Å². The fraction of sp³-hybridized carbons (Fsp3) is 0.289. The molecule has 0 bridgehead atoms. The zero-order chi connectivity index (χ0) is 41.4. The van der Waals surface area contributed by atoms with Crippen LogP contribution in [0.15, 0.2) is 67.4 Å². The second kappa shape index (κ2) is 14.7. The SMILES string of the molecule is Cc1cnc(-n2cnc(-c3ccc4c(c3)c(N3C[C@@H](C)n5c(c(CCCOc6cc(C)c(Cl)c(C)c6)c6ccc(Cl)c(-c7c(C)nn(C)c7C)c65)C3=O)cn4C)n2)nc1. The van der Waals surface area contributed by atoms with Gasteiger partial charge in [-0.25, -0.2) is 15.0 Å². The number of aryl methyl sites for hydroxylation is 7. The van der Waals surface area contributed by atoms with E-state index in [0.717, 1.165) is 88.6 Å². The number of benzene rings is 3. The minimum Gasteiger partial charge on any atom is -0.494 e. The topological polar surface area (TPSA) is 114 Å². The molecule has 0 fully saturated rings. The number of anilines is 1. The first-order valence-corrected chi connectivity index (χ1v) is 20.4. The highest BCUT2D eigenvalue weighted by Crippen LogP contribution is 2.46. The van der Waals surface area contributed by atoms with E-state index in [0.29, 0.717) is 48.5 Å². The minimum atomic E-state index is -0.102. The highest BCUT2D eigenvalue weighted by Gasteiger charge is 2.37. The van der Waals surface area contributed by atoms with E-state index >= 15 is 4.79 Å². The summed E-state index contributed by atoms with van der Waals surface area (Å²) in [5.41, 5.74) is 11.9. The van der Waals surface area contributed by atoms with Crippen LogP contribution < -0.4 is 9.64 Å². The van der Waals surface area contributed by atoms with Crippen molar-refractivity contribution < 1.29 is 9.53 Å². The van der Waals surface area contributed by atoms with E-state index in [9.17, 15) is 0 Å². The Labute approximate surface area is 352 Å². The minimum absolute atomic E-state index is 0.0716. The number of halogens is 2. The number of ether oxygens (including phenoxy) is 1. The summed E-state index contributed by atoms with van der Waals surface area (Å²) in [6.07, 6.45) is 8.45. The molecule has 0 spiro atoms. The molecule has 5 aromatic heterocycles. The van der Waals surface area contributed by atoms with Gasteiger partial charge in [-0.2, -0.15) is 9.78 Å². The summed E-state index contributed by atoms with van der Waals surface area (Å²) in [7, 11) is 3.95. The summed E-state index contributed by atoms with van der Waals surface area (Å²) in [6.45, 7) is 13.1. The lowest BCUT2D eigenvalue weighted by Gasteiger charge is -2.34. The molecular weight excluding hydrogens is 783 g/mol. The molecule has 0 radical (unpaired) electrons. The number of carbonyl (C=O) groups is 1. The highest BCUT2D eigenvalue weighted by atomic mass is 35.5. The van der Waals surface area contributed by atoms with Crippen molar-refractivity contribution in [2.75, 3.05) is 18.1 Å². The van der Waals surface area contributed by atoms with Gasteiger partial charge in [0.2, 0.25) is 0 Å². The molecule has 8 aromatic rings. The highest BCUT2D eigenvalue weighted by molar-refractivity contribution is 6.35. The van der Waals surface area contributed by atoms with Crippen molar-refractivity contribution in [1.82, 2.24) is 43.6 Å². The third-order valence-corrected chi connectivity index (χ3v) is 12.5. The van der Waals surface area contributed by atoms with Gasteiger partial charge >= 0.3 is 0 Å². The number of fused-ring (bicyclic) bond motifs is 4. The lowest BCUT2D eigenvalue weighted by atomic mass is 9.98. The van der Waals surface area contributed by atoms with Crippen LogP contribution in [0.25, 0.3) is 50.3 Å². The van der Waals surface area contributed by atoms with Gasteiger partial charge in [0.05, 0.1) is 28.5 Å². The van der Waals surface area contributed by atoms with Gasteiger partial charge in [-0.05, 0) is 113 Å². The van der Waals surface area contributed by atoms with E-state index < -0.39 is 0 Å². The Morgan fingerprint density at radius 1 is 0.881 bits per heavy atom. The van der Waals surface area contributed by atoms with Crippen molar-refractivity contribution in [2.45, 2.75) is 60.4 Å². The summed E-state index contributed by atoms with van der Waals surface area (Å²) in [5.74, 6) is 1.68. The van der Waals surface area contributed by atoms with Gasteiger partial charge in [0.1, 0.15) is 17.8 Å². The molecule has 6 heterocycles. The van der Waals surface area contributed by atoms with Crippen LogP contribution in [0, 0.1) is 34.6 Å². The zero-order valence-electron chi connectivity index (χ0n) is 34.3. The first kappa shape index (κ1) is 38.5. The molecule has 1 amide bonds. The van der Waals surface area contributed by atoms with E-state index in [2.05, 4.69) is 50.1 Å². The van der Waals surface area contributed by atoms with Crippen molar-refractivity contribution in [1.29, 1.82) is 0 Å². The van der Waals surface area contributed by atoms with E-state index in [1.54, 1.807) is 23.4 Å². The molecule has 1 aliphatic heterocycles. The summed E-state index contributed by atoms with van der Waals surface area (Å²) in [5, 5.41) is 12.8. The Bertz CT molecular complexity index is 2950. The van der Waals surface area contributed by atoms with Crippen molar-refractivity contribution in [3.05, 3.63) is 117 Å². The summed E-state index contributed by atoms with van der Waals surface area (Å²) in [6, 6.07) is 14.0. The predicted molar refractivity (Wildman–Crippen MR) is 233 cm³/mol. The molecule has 9 rings (SSSR count). The smallest absolute Gasteiger partial charge is 0.275 e. The second-order valence-electron chi connectivity index (χ2n) is 15.7. The number of nitrogens with zero attached hydrogens (tertiary/aromatic N) is 10. The summed E-state index contributed by atoms with van der Waals surface area (Å²) >= 11 is 13.6. The first-order chi connectivity index (χ1) is 28.3. The molecule has 12 nitrogen and oxygen atoms in total. The van der Waals surface area contributed by atoms with Crippen molar-refractivity contribution in [2.24, 2.45) is 14.1 Å². The van der Waals surface area contributed by atoms with Crippen molar-refractivity contribution in [3.8, 4) is 34.2 Å². The Morgan fingerprint density at radius 3 is 2.34 bits per heavy atom. The molecule has 300 valence electrons. The number of aromatic nitrogens is 9. The summed E-state index contributed by atoms with van der Waals surface area (Å²) < 4.78 is 14.0. The largest absolute Gasteiger partial charge is 0.494 e. The van der Waals surface area contributed by atoms with Gasteiger partial charge in [-0.3, -0.25) is 9.48 Å². The van der Waals surface area contributed by atoms with Crippen LogP contribution in [0.2, 0.25) is 10.0 Å². The Morgan fingerprint density at radius 2 is 1.63 bits per heavy atom. The lowest BCUT2D eigenvalue weighted by molar-refractivity contribution is 0.0957. The number of rotatable bonds is 9. The van der Waals surface area contributed by atoms with Gasteiger partial charge in [0.25, 0.3) is 11.9 Å². The molecule has 0 N–H and O–H groups in total. The van der Waals surface area contributed by atoms with Crippen LogP contribution in [0.1, 0.15) is 63.5 Å². The predicted octanol–water partition coefficient (Wildman–Crippen LogP) is 9.65. The maximum absolute atomic E-state index is 15.3. The number of hydrogen-bond acceptors (Lipinski definition) is 7. The maximum Gasteiger partial charge on any atom is 0.275 e. The molecule has 14 heteroatoms. The van der Waals surface area contributed by atoms with Gasteiger partial charge in [0, 0.05) is 89.0 Å². The van der Waals surface area contributed by atoms with Gasteiger partial charge in [0.15, 0.2) is 5.82 Å². The fourth-order valence-corrected chi connectivity index (χ4v) is 9.01. The quantitative estimate of drug-likeness (QED) is 0.133. The third-order valence-electron chi connectivity index (χ3n) is 11.5. The molecule has 0 unspecified atom stereocenters. The van der Waals surface area contributed by atoms with Crippen LogP contribution >= 0.6 is 23.2 Å². The number of hydrogen-bond donors (Lipinski definition) is 0. The van der Waals surface area contributed by atoms with Crippen LogP contribution in [0.5, 0.6) is 5.75 Å². The van der Waals surface area contributed by atoms with E-state index in [4.69, 9.17) is 38.1 Å². The Hall–Kier alpha value is -5.98. The zero-order valence-corrected chi connectivity index (χ0v) is 35.8. The monoisotopic (exact) mass is 826 g/mol. The first-order valence-electron chi connectivity index (χ1n) is 19.7. The second-order valence-corrected chi connectivity index (χ2v) is 16.5. The van der Waals surface area contributed by atoms with Crippen molar-refractivity contribution in [3.63, 3.8) is 0 Å². The lowest BCUT2D eigenvalue weighted by Crippen LogP contribution is -2.42. The number of carbonyl (C=O) groups excluding carboxylic acids is 1. The van der Waals surface area contributed by atoms with Crippen LogP contribution in [0.3, 0.4) is 0 Å². The standard InChI is InChI=1S/C45H44Cl2N10O2/c1-24-19-48-45(49-20-24)56-23-50-43(52-56)30-11-14-36-34(18-30)37(22-53(36)7)55-21-27(4)57-41-33(12-13-35(46)39(41)38-28(5)51-54(8)29(38)6)32(42(57)44(55)58)10-9-15-59-31-16-25(2)40(47)26(3)17-31/h11-14,16-20,22-23,27H,9-10,15,21H2,1-8H3/t27-/m1/s1. The molecule has 3 aromatic carbocycles.